The fourth-order valence-corrected chi connectivity index (χ4v) is 1.50. The highest BCUT2D eigenvalue weighted by Gasteiger charge is 2.05. The van der Waals surface area contributed by atoms with Crippen LogP contribution in [0.15, 0.2) is 24.4 Å². The second-order valence-electron chi connectivity index (χ2n) is 3.07. The van der Waals surface area contributed by atoms with Gasteiger partial charge in [-0.15, -0.1) is 0 Å². The van der Waals surface area contributed by atoms with E-state index >= 15 is 0 Å². The molecule has 13 heavy (non-hydrogen) atoms. The third kappa shape index (κ3) is 1.16. The molecule has 0 saturated heterocycles. The van der Waals surface area contributed by atoms with Crippen LogP contribution in [0, 0.1) is 5.82 Å². The van der Waals surface area contributed by atoms with Crippen LogP contribution in [-0.4, -0.2) is 11.6 Å². The highest BCUT2D eigenvalue weighted by Crippen LogP contribution is 2.22. The molecule has 0 amide bonds. The number of anilines is 1. The molecule has 1 heterocycles. The summed E-state index contributed by atoms with van der Waals surface area (Å²) in [6.07, 6.45) is 1.49. The van der Waals surface area contributed by atoms with E-state index in [0.29, 0.717) is 5.39 Å². The first-order valence-corrected chi connectivity index (χ1v) is 4.14. The van der Waals surface area contributed by atoms with Crippen LogP contribution >= 0.6 is 0 Å². The maximum Gasteiger partial charge on any atom is 0.148 e. The lowest BCUT2D eigenvalue weighted by molar-refractivity contribution is 0.633. The van der Waals surface area contributed by atoms with E-state index in [1.165, 1.54) is 6.20 Å². The van der Waals surface area contributed by atoms with E-state index in [1.807, 2.05) is 32.3 Å². The lowest BCUT2D eigenvalue weighted by Gasteiger charge is -2.00. The molecule has 0 spiro atoms. The summed E-state index contributed by atoms with van der Waals surface area (Å²) >= 11 is 0. The number of halogens is 1. The van der Waals surface area contributed by atoms with Crippen molar-refractivity contribution in [3.63, 3.8) is 0 Å². The quantitative estimate of drug-likeness (QED) is 0.709. The third-order valence-electron chi connectivity index (χ3n) is 2.23. The molecule has 1 aromatic carbocycles. The molecule has 0 aliphatic rings. The molecule has 0 aliphatic carbocycles. The van der Waals surface area contributed by atoms with Crippen molar-refractivity contribution in [3.8, 4) is 0 Å². The van der Waals surface area contributed by atoms with Crippen LogP contribution < -0.4 is 5.32 Å². The first-order chi connectivity index (χ1) is 6.22. The number of benzene rings is 1. The normalized spacial score (nSPS) is 10.7. The van der Waals surface area contributed by atoms with E-state index in [4.69, 9.17) is 0 Å². The summed E-state index contributed by atoms with van der Waals surface area (Å²) in [6, 6.07) is 5.65. The monoisotopic (exact) mass is 178 g/mol. The van der Waals surface area contributed by atoms with Gasteiger partial charge in [-0.05, 0) is 18.2 Å². The Bertz CT molecular complexity index is 445. The largest absolute Gasteiger partial charge is 0.388 e. The van der Waals surface area contributed by atoms with Crippen molar-refractivity contribution in [2.24, 2.45) is 7.05 Å². The van der Waals surface area contributed by atoms with Gasteiger partial charge in [0.2, 0.25) is 0 Å². The minimum Gasteiger partial charge on any atom is -0.388 e. The van der Waals surface area contributed by atoms with Gasteiger partial charge in [0.25, 0.3) is 0 Å². The summed E-state index contributed by atoms with van der Waals surface area (Å²) in [4.78, 5) is 0. The minimum atomic E-state index is -0.172. The Hall–Kier alpha value is -1.51. The van der Waals surface area contributed by atoms with E-state index in [0.717, 1.165) is 11.2 Å². The summed E-state index contributed by atoms with van der Waals surface area (Å²) in [6.45, 7) is 0. The van der Waals surface area contributed by atoms with Crippen molar-refractivity contribution in [1.82, 2.24) is 4.57 Å². The van der Waals surface area contributed by atoms with Crippen molar-refractivity contribution in [2.75, 3.05) is 12.4 Å². The molecule has 0 bridgehead atoms. The van der Waals surface area contributed by atoms with Gasteiger partial charge < -0.3 is 9.88 Å². The number of fused-ring (bicyclic) bond motifs is 1. The molecule has 1 N–H and O–H groups in total. The maximum atomic E-state index is 13.3. The Labute approximate surface area is 76.0 Å². The van der Waals surface area contributed by atoms with Crippen LogP contribution in [0.1, 0.15) is 0 Å². The molecule has 0 fully saturated rings. The van der Waals surface area contributed by atoms with Crippen LogP contribution in [0.25, 0.3) is 10.9 Å². The maximum absolute atomic E-state index is 13.3. The Morgan fingerprint density at radius 2 is 2.15 bits per heavy atom. The van der Waals surface area contributed by atoms with Crippen molar-refractivity contribution in [3.05, 3.63) is 30.2 Å². The predicted molar refractivity (Wildman–Crippen MR) is 52.4 cm³/mol. The average Bonchev–Trinajstić information content (AvgIpc) is 2.42. The van der Waals surface area contributed by atoms with E-state index < -0.39 is 0 Å². The van der Waals surface area contributed by atoms with Crippen LogP contribution in [0.4, 0.5) is 10.1 Å². The predicted octanol–water partition coefficient (Wildman–Crippen LogP) is 2.36. The molecule has 0 aliphatic heterocycles. The zero-order valence-corrected chi connectivity index (χ0v) is 7.63. The van der Waals surface area contributed by atoms with Crippen LogP contribution in [0.3, 0.4) is 0 Å². The topological polar surface area (TPSA) is 17.0 Å². The molecule has 2 nitrogen and oxygen atoms in total. The van der Waals surface area contributed by atoms with E-state index in [9.17, 15) is 4.39 Å². The first kappa shape index (κ1) is 8.10. The molecule has 0 unspecified atom stereocenters. The van der Waals surface area contributed by atoms with E-state index in [1.54, 1.807) is 4.57 Å². The highest BCUT2D eigenvalue weighted by molar-refractivity contribution is 5.84. The van der Waals surface area contributed by atoms with Crippen LogP contribution in [0.5, 0.6) is 0 Å². The van der Waals surface area contributed by atoms with Gasteiger partial charge >= 0.3 is 0 Å². The summed E-state index contributed by atoms with van der Waals surface area (Å²) in [7, 11) is 3.66. The molecule has 0 atom stereocenters. The first-order valence-electron chi connectivity index (χ1n) is 4.14. The molecule has 0 radical (unpaired) electrons. The summed E-state index contributed by atoms with van der Waals surface area (Å²) < 4.78 is 15.1. The minimum absolute atomic E-state index is 0.172. The molecule has 3 heteroatoms. The Morgan fingerprint density at radius 1 is 1.38 bits per heavy atom. The smallest absolute Gasteiger partial charge is 0.148 e. The second kappa shape index (κ2) is 2.76. The van der Waals surface area contributed by atoms with Gasteiger partial charge in [0.05, 0.1) is 5.52 Å². The number of nitrogens with one attached hydrogen (secondary N) is 1. The van der Waals surface area contributed by atoms with Gasteiger partial charge in [-0.3, -0.25) is 0 Å². The lowest BCUT2D eigenvalue weighted by Crippen LogP contribution is -1.88. The number of hydrogen-bond donors (Lipinski definition) is 1. The fraction of sp³-hybridized carbons (Fsp3) is 0.200. The standard InChI is InChI=1S/C10H11FN2/c1-12-7-3-4-10-8(5-7)9(11)6-13(10)2/h3-6,12H,1-2H3. The van der Waals surface area contributed by atoms with Gasteiger partial charge in [-0.25, -0.2) is 4.39 Å². The van der Waals surface area contributed by atoms with Gasteiger partial charge in [-0.1, -0.05) is 0 Å². The number of nitrogens with zero attached hydrogens (tertiary/aromatic N) is 1. The molecular weight excluding hydrogens is 167 g/mol. The van der Waals surface area contributed by atoms with E-state index in [-0.39, 0.29) is 5.82 Å². The van der Waals surface area contributed by atoms with Crippen LogP contribution in [-0.2, 0) is 7.05 Å². The Balaban J connectivity index is 2.76. The summed E-state index contributed by atoms with van der Waals surface area (Å²) in [5.74, 6) is -0.172. The molecule has 2 aromatic rings. The molecule has 2 rings (SSSR count). The summed E-state index contributed by atoms with van der Waals surface area (Å²) in [5.41, 5.74) is 1.84. The van der Waals surface area contributed by atoms with Gasteiger partial charge in [0.15, 0.2) is 0 Å². The van der Waals surface area contributed by atoms with Crippen molar-refractivity contribution >= 4 is 16.6 Å². The number of hydrogen-bond acceptors (Lipinski definition) is 1. The molecule has 0 saturated carbocycles. The summed E-state index contributed by atoms with van der Waals surface area (Å²) in [5, 5.41) is 3.64. The van der Waals surface area contributed by atoms with Gasteiger partial charge in [-0.2, -0.15) is 0 Å². The van der Waals surface area contributed by atoms with E-state index in [2.05, 4.69) is 5.32 Å². The fourth-order valence-electron chi connectivity index (χ4n) is 1.50. The molecule has 68 valence electrons. The molecule has 1 aromatic heterocycles. The van der Waals surface area contributed by atoms with Gasteiger partial charge in [0, 0.05) is 31.4 Å². The van der Waals surface area contributed by atoms with Crippen LogP contribution in [0.2, 0.25) is 0 Å². The number of aromatic nitrogens is 1. The number of rotatable bonds is 1. The lowest BCUT2D eigenvalue weighted by atomic mass is 10.2. The SMILES string of the molecule is CNc1ccc2c(c1)c(F)cn2C. The average molecular weight is 178 g/mol. The molecular formula is C10H11FN2. The Kier molecular flexibility index (Phi) is 1.72. The van der Waals surface area contributed by atoms with Crippen molar-refractivity contribution in [2.45, 2.75) is 0 Å². The number of aryl methyl sites for hydroxylation is 1. The van der Waals surface area contributed by atoms with Crippen molar-refractivity contribution < 1.29 is 4.39 Å². The Morgan fingerprint density at radius 3 is 2.85 bits per heavy atom. The van der Waals surface area contributed by atoms with Crippen molar-refractivity contribution in [1.29, 1.82) is 0 Å². The zero-order chi connectivity index (χ0) is 9.42. The third-order valence-corrected chi connectivity index (χ3v) is 2.23. The highest BCUT2D eigenvalue weighted by atomic mass is 19.1. The second-order valence-corrected chi connectivity index (χ2v) is 3.07. The zero-order valence-electron chi connectivity index (χ0n) is 7.63. The van der Waals surface area contributed by atoms with Gasteiger partial charge in [0.1, 0.15) is 5.82 Å².